The lowest BCUT2D eigenvalue weighted by atomic mass is 9.96. The van der Waals surface area contributed by atoms with Crippen LogP contribution >= 0.6 is 11.3 Å². The molecule has 1 amide bonds. The van der Waals surface area contributed by atoms with Crippen molar-refractivity contribution in [3.05, 3.63) is 16.7 Å². The summed E-state index contributed by atoms with van der Waals surface area (Å²) in [6, 6.07) is 0. The first-order valence-electron chi connectivity index (χ1n) is 6.83. The summed E-state index contributed by atoms with van der Waals surface area (Å²) >= 11 is 1.38. The van der Waals surface area contributed by atoms with Crippen LogP contribution in [0.3, 0.4) is 0 Å². The summed E-state index contributed by atoms with van der Waals surface area (Å²) < 4.78 is 5.15. The Morgan fingerprint density at radius 2 is 2.10 bits per heavy atom. The minimum absolute atomic E-state index is 0.135. The second kappa shape index (κ2) is 6.30. The number of carbonyl (C=O) groups excluding carboxylic acids is 1. The summed E-state index contributed by atoms with van der Waals surface area (Å²) in [7, 11) is 0. The number of rotatable bonds is 5. The van der Waals surface area contributed by atoms with Crippen LogP contribution in [0.15, 0.2) is 4.52 Å². The Labute approximate surface area is 127 Å². The van der Waals surface area contributed by atoms with Crippen LogP contribution in [0.25, 0.3) is 0 Å². The van der Waals surface area contributed by atoms with Gasteiger partial charge in [0.05, 0.1) is 0 Å². The Morgan fingerprint density at radius 3 is 2.67 bits per heavy atom. The number of anilines is 1. The third-order valence-electron chi connectivity index (χ3n) is 2.72. The summed E-state index contributed by atoms with van der Waals surface area (Å²) in [4.78, 5) is 16.1. The molecule has 1 N–H and O–H groups in total. The smallest absolute Gasteiger partial charge is 0.227 e. The van der Waals surface area contributed by atoms with E-state index in [-0.39, 0.29) is 17.7 Å². The standard InChI is InChI=1S/C13H19N5O2S/c1-5-10-16-17-12(21-10)14-8(19)6-7-9-15-11(18-20-9)13(2,3)4/h5-7H2,1-4H3,(H,14,17,19). The first kappa shape index (κ1) is 15.6. The number of aryl methyl sites for hydroxylation is 2. The van der Waals surface area contributed by atoms with E-state index in [1.54, 1.807) is 0 Å². The lowest BCUT2D eigenvalue weighted by Gasteiger charge is -2.10. The fourth-order valence-corrected chi connectivity index (χ4v) is 2.21. The summed E-state index contributed by atoms with van der Waals surface area (Å²) in [6.07, 6.45) is 1.49. The normalized spacial score (nSPS) is 11.6. The van der Waals surface area contributed by atoms with Crippen LogP contribution < -0.4 is 5.32 Å². The van der Waals surface area contributed by atoms with Gasteiger partial charge in [-0.05, 0) is 6.42 Å². The highest BCUT2D eigenvalue weighted by Gasteiger charge is 2.21. The first-order chi connectivity index (χ1) is 9.88. The third-order valence-corrected chi connectivity index (χ3v) is 3.70. The molecule has 0 unspecified atom stereocenters. The van der Waals surface area contributed by atoms with E-state index >= 15 is 0 Å². The second-order valence-electron chi connectivity index (χ2n) is 5.66. The van der Waals surface area contributed by atoms with Crippen molar-refractivity contribution < 1.29 is 9.32 Å². The minimum atomic E-state index is -0.160. The molecule has 21 heavy (non-hydrogen) atoms. The number of nitrogens with one attached hydrogen (secondary N) is 1. The fourth-order valence-electron chi connectivity index (χ4n) is 1.51. The zero-order valence-corrected chi connectivity index (χ0v) is 13.5. The highest BCUT2D eigenvalue weighted by atomic mass is 32.1. The maximum Gasteiger partial charge on any atom is 0.227 e. The zero-order valence-electron chi connectivity index (χ0n) is 12.6. The molecular formula is C13H19N5O2S. The lowest BCUT2D eigenvalue weighted by molar-refractivity contribution is -0.116. The summed E-state index contributed by atoms with van der Waals surface area (Å²) in [6.45, 7) is 8.02. The predicted octanol–water partition coefficient (Wildman–Crippen LogP) is 2.35. The zero-order chi connectivity index (χ0) is 15.5. The quantitative estimate of drug-likeness (QED) is 0.911. The summed E-state index contributed by atoms with van der Waals surface area (Å²) in [5, 5.41) is 15.9. The van der Waals surface area contributed by atoms with Gasteiger partial charge in [0.25, 0.3) is 0 Å². The van der Waals surface area contributed by atoms with Crippen molar-refractivity contribution in [3.63, 3.8) is 0 Å². The lowest BCUT2D eigenvalue weighted by Crippen LogP contribution is -2.14. The molecule has 2 heterocycles. The van der Waals surface area contributed by atoms with Crippen molar-refractivity contribution in [1.29, 1.82) is 0 Å². The van der Waals surface area contributed by atoms with Crippen LogP contribution in [0, 0.1) is 0 Å². The van der Waals surface area contributed by atoms with Crippen molar-refractivity contribution in [2.75, 3.05) is 5.32 Å². The molecule has 0 saturated heterocycles. The van der Waals surface area contributed by atoms with Crippen molar-refractivity contribution >= 4 is 22.4 Å². The molecule has 2 rings (SSSR count). The Morgan fingerprint density at radius 1 is 1.33 bits per heavy atom. The summed E-state index contributed by atoms with van der Waals surface area (Å²) in [5.41, 5.74) is -0.160. The van der Waals surface area contributed by atoms with Gasteiger partial charge in [-0.25, -0.2) is 0 Å². The fraction of sp³-hybridized carbons (Fsp3) is 0.615. The average Bonchev–Trinajstić information content (AvgIpc) is 3.04. The Bertz CT molecular complexity index is 614. The molecule has 0 aliphatic heterocycles. The Kier molecular flexibility index (Phi) is 4.66. The Hall–Kier alpha value is -1.83. The number of nitrogens with zero attached hydrogens (tertiary/aromatic N) is 4. The van der Waals surface area contributed by atoms with Gasteiger partial charge in [0.15, 0.2) is 5.82 Å². The molecule has 0 bridgehead atoms. The van der Waals surface area contributed by atoms with Gasteiger partial charge in [0, 0.05) is 18.3 Å². The molecule has 0 radical (unpaired) electrons. The number of aromatic nitrogens is 4. The van der Waals surface area contributed by atoms with E-state index in [0.29, 0.717) is 23.3 Å². The van der Waals surface area contributed by atoms with Crippen molar-refractivity contribution in [2.24, 2.45) is 0 Å². The predicted molar refractivity (Wildman–Crippen MR) is 79.2 cm³/mol. The van der Waals surface area contributed by atoms with Crippen LogP contribution in [0.1, 0.15) is 50.8 Å². The second-order valence-corrected chi connectivity index (χ2v) is 6.73. The van der Waals surface area contributed by atoms with E-state index in [4.69, 9.17) is 4.52 Å². The molecule has 7 nitrogen and oxygen atoms in total. The summed E-state index contributed by atoms with van der Waals surface area (Å²) in [5.74, 6) is 0.987. The van der Waals surface area contributed by atoms with Gasteiger partial charge in [-0.1, -0.05) is 44.2 Å². The van der Waals surface area contributed by atoms with Gasteiger partial charge in [0.1, 0.15) is 5.01 Å². The van der Waals surface area contributed by atoms with E-state index in [1.807, 2.05) is 27.7 Å². The molecule has 0 saturated carbocycles. The van der Waals surface area contributed by atoms with Gasteiger partial charge < -0.3 is 9.84 Å². The Balaban J connectivity index is 1.85. The molecule has 2 aromatic heterocycles. The van der Waals surface area contributed by atoms with Crippen LogP contribution in [-0.4, -0.2) is 26.2 Å². The number of hydrogen-bond acceptors (Lipinski definition) is 7. The van der Waals surface area contributed by atoms with E-state index in [9.17, 15) is 4.79 Å². The highest BCUT2D eigenvalue weighted by Crippen LogP contribution is 2.19. The maximum absolute atomic E-state index is 11.8. The third kappa shape index (κ3) is 4.32. The average molecular weight is 309 g/mol. The van der Waals surface area contributed by atoms with Crippen LogP contribution in [0.4, 0.5) is 5.13 Å². The first-order valence-corrected chi connectivity index (χ1v) is 7.65. The molecule has 0 aromatic carbocycles. The van der Waals surface area contributed by atoms with Crippen LogP contribution in [-0.2, 0) is 23.1 Å². The van der Waals surface area contributed by atoms with Crippen LogP contribution in [0.5, 0.6) is 0 Å². The molecule has 114 valence electrons. The highest BCUT2D eigenvalue weighted by molar-refractivity contribution is 7.15. The minimum Gasteiger partial charge on any atom is -0.339 e. The van der Waals surface area contributed by atoms with E-state index in [2.05, 4.69) is 25.7 Å². The topological polar surface area (TPSA) is 93.8 Å². The van der Waals surface area contributed by atoms with Crippen molar-refractivity contribution in [3.8, 4) is 0 Å². The van der Waals surface area contributed by atoms with E-state index in [0.717, 1.165) is 11.4 Å². The number of hydrogen-bond donors (Lipinski definition) is 1. The largest absolute Gasteiger partial charge is 0.339 e. The van der Waals surface area contributed by atoms with Gasteiger partial charge in [-0.15, -0.1) is 10.2 Å². The molecule has 0 spiro atoms. The van der Waals surface area contributed by atoms with Gasteiger partial charge in [-0.2, -0.15) is 4.98 Å². The SMILES string of the molecule is CCc1nnc(NC(=O)CCc2nc(C(C)(C)C)no2)s1. The maximum atomic E-state index is 11.8. The molecule has 0 aliphatic carbocycles. The number of carbonyl (C=O) groups is 1. The van der Waals surface area contributed by atoms with Crippen molar-refractivity contribution in [1.82, 2.24) is 20.3 Å². The molecule has 0 fully saturated rings. The molecule has 0 atom stereocenters. The van der Waals surface area contributed by atoms with Crippen molar-refractivity contribution in [2.45, 2.75) is 52.4 Å². The van der Waals surface area contributed by atoms with E-state index in [1.165, 1.54) is 11.3 Å². The monoisotopic (exact) mass is 309 g/mol. The van der Waals surface area contributed by atoms with Crippen LogP contribution in [0.2, 0.25) is 0 Å². The van der Waals surface area contributed by atoms with E-state index < -0.39 is 0 Å². The number of amides is 1. The molecule has 8 heteroatoms. The van der Waals surface area contributed by atoms with Gasteiger partial charge in [0.2, 0.25) is 16.9 Å². The molecule has 0 aliphatic rings. The molecule has 2 aromatic rings. The van der Waals surface area contributed by atoms with Gasteiger partial charge in [-0.3, -0.25) is 4.79 Å². The van der Waals surface area contributed by atoms with Gasteiger partial charge >= 0.3 is 0 Å². The molecular weight excluding hydrogens is 290 g/mol.